The summed E-state index contributed by atoms with van der Waals surface area (Å²) >= 11 is 0. The Morgan fingerprint density at radius 1 is 1.22 bits per heavy atom. The Bertz CT molecular complexity index is 918. The molecule has 0 spiro atoms. The summed E-state index contributed by atoms with van der Waals surface area (Å²) in [5.74, 6) is 2.50. The number of aromatic nitrogens is 4. The largest absolute Gasteiger partial charge is 0.497 e. The van der Waals surface area contributed by atoms with Crippen molar-refractivity contribution in [2.45, 2.75) is 32.7 Å². The summed E-state index contributed by atoms with van der Waals surface area (Å²) in [6.07, 6.45) is 4.64. The molecular weight excluding hydrogens is 342 g/mol. The molecule has 0 amide bonds. The first-order valence-electron chi connectivity index (χ1n) is 9.05. The van der Waals surface area contributed by atoms with Gasteiger partial charge in [-0.2, -0.15) is 0 Å². The van der Waals surface area contributed by atoms with Crippen LogP contribution in [0.2, 0.25) is 0 Å². The Morgan fingerprint density at radius 3 is 2.67 bits per heavy atom. The summed E-state index contributed by atoms with van der Waals surface area (Å²) in [7, 11) is 1.66. The monoisotopic (exact) mass is 367 g/mol. The number of methoxy groups -OCH3 is 1. The first-order valence-corrected chi connectivity index (χ1v) is 9.05. The molecule has 0 aliphatic heterocycles. The van der Waals surface area contributed by atoms with Crippen molar-refractivity contribution in [3.63, 3.8) is 0 Å². The van der Waals surface area contributed by atoms with E-state index in [9.17, 15) is 0 Å². The molecule has 3 rings (SSSR count). The molecule has 7 heteroatoms. The standard InChI is InChI=1S/C20H25N5O2/c1-4-6-7-16-22-17-18(20(27-12-5-2)24-23-19(17)21)25(16)13-14-8-10-15(26-3)11-9-14/h5,8-11H,2,4,6-7,12-13H2,1,3H3,(H2,21,23). The minimum atomic E-state index is 0.308. The fourth-order valence-electron chi connectivity index (χ4n) is 2.93. The van der Waals surface area contributed by atoms with Crippen LogP contribution in [0.4, 0.5) is 5.82 Å². The highest BCUT2D eigenvalue weighted by Crippen LogP contribution is 2.29. The summed E-state index contributed by atoms with van der Waals surface area (Å²) in [6.45, 7) is 6.83. The van der Waals surface area contributed by atoms with Crippen LogP contribution < -0.4 is 15.2 Å². The Hall–Kier alpha value is -3.09. The van der Waals surface area contributed by atoms with E-state index in [1.54, 1.807) is 13.2 Å². The van der Waals surface area contributed by atoms with Crippen molar-refractivity contribution in [3.05, 3.63) is 48.3 Å². The lowest BCUT2D eigenvalue weighted by Gasteiger charge is -2.12. The molecule has 0 bridgehead atoms. The van der Waals surface area contributed by atoms with E-state index in [2.05, 4.69) is 28.3 Å². The number of nitrogen functional groups attached to an aromatic ring is 1. The number of hydrogen-bond donors (Lipinski definition) is 1. The highest BCUT2D eigenvalue weighted by atomic mass is 16.5. The van der Waals surface area contributed by atoms with E-state index in [1.165, 1.54) is 0 Å². The Labute approximate surface area is 158 Å². The lowest BCUT2D eigenvalue weighted by atomic mass is 10.2. The van der Waals surface area contributed by atoms with Crippen molar-refractivity contribution >= 4 is 16.9 Å². The molecule has 0 unspecified atom stereocenters. The van der Waals surface area contributed by atoms with Crippen molar-refractivity contribution in [2.24, 2.45) is 0 Å². The van der Waals surface area contributed by atoms with E-state index in [0.29, 0.717) is 30.4 Å². The van der Waals surface area contributed by atoms with Crippen LogP contribution in [0.3, 0.4) is 0 Å². The summed E-state index contributed by atoms with van der Waals surface area (Å²) in [5.41, 5.74) is 8.58. The molecular formula is C20H25N5O2. The molecule has 0 fully saturated rings. The van der Waals surface area contributed by atoms with Gasteiger partial charge in [0, 0.05) is 13.0 Å². The summed E-state index contributed by atoms with van der Waals surface area (Å²) < 4.78 is 13.1. The molecule has 7 nitrogen and oxygen atoms in total. The molecule has 0 aliphatic rings. The lowest BCUT2D eigenvalue weighted by Crippen LogP contribution is -2.08. The third kappa shape index (κ3) is 4.02. The molecule has 0 saturated carbocycles. The van der Waals surface area contributed by atoms with Crippen molar-refractivity contribution in [1.29, 1.82) is 0 Å². The summed E-state index contributed by atoms with van der Waals surface area (Å²) in [4.78, 5) is 4.75. The quantitative estimate of drug-likeness (QED) is 0.583. The maximum atomic E-state index is 6.05. The second kappa shape index (κ2) is 8.53. The number of rotatable bonds is 9. The predicted octanol–water partition coefficient (Wildman–Crippen LogP) is 3.37. The second-order valence-corrected chi connectivity index (χ2v) is 6.25. The summed E-state index contributed by atoms with van der Waals surface area (Å²) in [6, 6.07) is 7.97. The first-order chi connectivity index (χ1) is 13.2. The van der Waals surface area contributed by atoms with Crippen LogP contribution in [-0.4, -0.2) is 33.5 Å². The van der Waals surface area contributed by atoms with Gasteiger partial charge in [-0.05, 0) is 24.1 Å². The average Bonchev–Trinajstić information content (AvgIpc) is 3.06. The average molecular weight is 367 g/mol. The van der Waals surface area contributed by atoms with E-state index in [1.807, 2.05) is 24.3 Å². The highest BCUT2D eigenvalue weighted by molar-refractivity contribution is 5.88. The zero-order valence-corrected chi connectivity index (χ0v) is 15.8. The fourth-order valence-corrected chi connectivity index (χ4v) is 2.93. The number of aryl methyl sites for hydroxylation is 1. The number of unbranched alkanes of at least 4 members (excludes halogenated alkanes) is 1. The Morgan fingerprint density at radius 2 is 2.00 bits per heavy atom. The summed E-state index contributed by atoms with van der Waals surface area (Å²) in [5, 5.41) is 8.14. The van der Waals surface area contributed by atoms with Crippen LogP contribution in [0.15, 0.2) is 36.9 Å². The number of benzene rings is 1. The second-order valence-electron chi connectivity index (χ2n) is 6.25. The van der Waals surface area contributed by atoms with Crippen LogP contribution in [0, 0.1) is 0 Å². The molecule has 142 valence electrons. The molecule has 0 radical (unpaired) electrons. The van der Waals surface area contributed by atoms with Gasteiger partial charge in [0.05, 0.1) is 7.11 Å². The van der Waals surface area contributed by atoms with Crippen LogP contribution in [-0.2, 0) is 13.0 Å². The number of nitrogens with two attached hydrogens (primary N) is 1. The van der Waals surface area contributed by atoms with Gasteiger partial charge in [0.2, 0.25) is 0 Å². The molecule has 2 aromatic heterocycles. The van der Waals surface area contributed by atoms with Gasteiger partial charge in [-0.15, -0.1) is 10.2 Å². The van der Waals surface area contributed by atoms with Gasteiger partial charge < -0.3 is 19.8 Å². The van der Waals surface area contributed by atoms with Crippen molar-refractivity contribution in [2.75, 3.05) is 19.5 Å². The molecule has 3 aromatic rings. The number of anilines is 1. The van der Waals surface area contributed by atoms with Gasteiger partial charge in [-0.25, -0.2) is 4.98 Å². The number of nitrogens with zero attached hydrogens (tertiary/aromatic N) is 4. The van der Waals surface area contributed by atoms with E-state index >= 15 is 0 Å². The SMILES string of the molecule is C=CCOc1nnc(N)c2nc(CCCC)n(Cc3ccc(OC)cc3)c12. The number of ether oxygens (including phenoxy) is 2. The molecule has 0 atom stereocenters. The molecule has 0 aliphatic carbocycles. The normalized spacial score (nSPS) is 10.9. The van der Waals surface area contributed by atoms with Crippen LogP contribution in [0.5, 0.6) is 11.6 Å². The van der Waals surface area contributed by atoms with Crippen molar-refractivity contribution in [3.8, 4) is 11.6 Å². The molecule has 2 heterocycles. The van der Waals surface area contributed by atoms with Gasteiger partial charge in [-0.3, -0.25) is 0 Å². The zero-order chi connectivity index (χ0) is 19.2. The fraction of sp³-hybridized carbons (Fsp3) is 0.350. The third-order valence-corrected chi connectivity index (χ3v) is 4.33. The Kier molecular flexibility index (Phi) is 5.90. The maximum absolute atomic E-state index is 6.05. The van der Waals surface area contributed by atoms with Crippen molar-refractivity contribution < 1.29 is 9.47 Å². The first kappa shape index (κ1) is 18.7. The van der Waals surface area contributed by atoms with Gasteiger partial charge in [0.1, 0.15) is 29.2 Å². The van der Waals surface area contributed by atoms with Gasteiger partial charge in [0.25, 0.3) is 5.88 Å². The number of hydrogen-bond acceptors (Lipinski definition) is 6. The van der Waals surface area contributed by atoms with Gasteiger partial charge >= 0.3 is 0 Å². The highest BCUT2D eigenvalue weighted by Gasteiger charge is 2.19. The number of fused-ring (bicyclic) bond motifs is 1. The molecule has 1 aromatic carbocycles. The molecule has 0 saturated heterocycles. The van der Waals surface area contributed by atoms with Gasteiger partial charge in [-0.1, -0.05) is 38.1 Å². The number of imidazole rings is 1. The lowest BCUT2D eigenvalue weighted by molar-refractivity contribution is 0.347. The van der Waals surface area contributed by atoms with E-state index in [0.717, 1.165) is 41.9 Å². The van der Waals surface area contributed by atoms with Crippen LogP contribution >= 0.6 is 0 Å². The van der Waals surface area contributed by atoms with E-state index in [-0.39, 0.29) is 0 Å². The smallest absolute Gasteiger partial charge is 0.260 e. The van der Waals surface area contributed by atoms with Crippen LogP contribution in [0.1, 0.15) is 31.2 Å². The molecule has 27 heavy (non-hydrogen) atoms. The molecule has 2 N–H and O–H groups in total. The van der Waals surface area contributed by atoms with Crippen LogP contribution in [0.25, 0.3) is 11.0 Å². The Balaban J connectivity index is 2.09. The van der Waals surface area contributed by atoms with E-state index in [4.69, 9.17) is 20.2 Å². The predicted molar refractivity (Wildman–Crippen MR) is 106 cm³/mol. The minimum Gasteiger partial charge on any atom is -0.497 e. The maximum Gasteiger partial charge on any atom is 0.260 e. The topological polar surface area (TPSA) is 88.1 Å². The third-order valence-electron chi connectivity index (χ3n) is 4.33. The van der Waals surface area contributed by atoms with E-state index < -0.39 is 0 Å². The van der Waals surface area contributed by atoms with Crippen molar-refractivity contribution in [1.82, 2.24) is 19.7 Å². The zero-order valence-electron chi connectivity index (χ0n) is 15.8. The van der Waals surface area contributed by atoms with Gasteiger partial charge in [0.15, 0.2) is 5.82 Å². The minimum absolute atomic E-state index is 0.308.